The molecule has 1 aromatic rings. The molecule has 146 valence electrons. The maximum Gasteiger partial charge on any atom is 0.236 e. The van der Waals surface area contributed by atoms with Gasteiger partial charge in [-0.3, -0.25) is 19.7 Å². The minimum Gasteiger partial charge on any atom is -0.342 e. The number of H-pyrrole nitrogens is 1. The van der Waals surface area contributed by atoms with Crippen molar-refractivity contribution in [3.63, 3.8) is 0 Å². The summed E-state index contributed by atoms with van der Waals surface area (Å²) >= 11 is 5.40. The molecule has 0 bridgehead atoms. The molecule has 8 heteroatoms. The first kappa shape index (κ1) is 19.5. The Balaban J connectivity index is 1.47. The van der Waals surface area contributed by atoms with Gasteiger partial charge in [0.2, 0.25) is 10.7 Å². The van der Waals surface area contributed by atoms with Gasteiger partial charge in [-0.15, -0.1) is 0 Å². The van der Waals surface area contributed by atoms with Gasteiger partial charge in [-0.1, -0.05) is 20.8 Å². The average Bonchev–Trinajstić information content (AvgIpc) is 2.98. The minimum atomic E-state index is -0.0354. The van der Waals surface area contributed by atoms with E-state index in [0.717, 1.165) is 64.6 Å². The molecular weight excluding hydrogens is 348 g/mol. The largest absolute Gasteiger partial charge is 0.342 e. The number of likely N-dealkylation sites (tertiary alicyclic amines) is 1. The smallest absolute Gasteiger partial charge is 0.236 e. The Morgan fingerprint density at radius 2 is 1.65 bits per heavy atom. The lowest BCUT2D eigenvalue weighted by Gasteiger charge is -2.36. The van der Waals surface area contributed by atoms with Crippen molar-refractivity contribution in [1.82, 2.24) is 29.5 Å². The van der Waals surface area contributed by atoms with Crippen molar-refractivity contribution < 1.29 is 4.79 Å². The summed E-state index contributed by atoms with van der Waals surface area (Å²) in [6.45, 7) is 13.3. The van der Waals surface area contributed by atoms with E-state index in [2.05, 4.69) is 40.7 Å². The van der Waals surface area contributed by atoms with Crippen LogP contribution in [-0.4, -0.2) is 81.2 Å². The van der Waals surface area contributed by atoms with E-state index in [-0.39, 0.29) is 5.41 Å². The molecule has 0 saturated carbocycles. The Kier molecular flexibility index (Phi) is 6.14. The highest BCUT2D eigenvalue weighted by molar-refractivity contribution is 7.71. The van der Waals surface area contributed by atoms with Gasteiger partial charge in [-0.25, -0.2) is 9.67 Å². The number of hydrogen-bond acceptors (Lipinski definition) is 5. The fourth-order valence-corrected chi connectivity index (χ4v) is 3.71. The van der Waals surface area contributed by atoms with Gasteiger partial charge in [-0.2, -0.15) is 0 Å². The first-order chi connectivity index (χ1) is 12.3. The van der Waals surface area contributed by atoms with E-state index < -0.39 is 0 Å². The number of amides is 1. The van der Waals surface area contributed by atoms with E-state index >= 15 is 0 Å². The van der Waals surface area contributed by atoms with Gasteiger partial charge < -0.3 is 4.90 Å². The van der Waals surface area contributed by atoms with E-state index in [4.69, 9.17) is 12.2 Å². The van der Waals surface area contributed by atoms with Gasteiger partial charge in [0.05, 0.1) is 13.2 Å². The molecule has 3 heterocycles. The van der Waals surface area contributed by atoms with E-state index in [1.807, 2.05) is 9.58 Å². The fraction of sp³-hybridized carbons (Fsp3) is 0.833. The van der Waals surface area contributed by atoms with Crippen LogP contribution >= 0.6 is 12.2 Å². The monoisotopic (exact) mass is 380 g/mol. The summed E-state index contributed by atoms with van der Waals surface area (Å²) in [5, 5.41) is 3.34. The van der Waals surface area contributed by atoms with Crippen LogP contribution in [0.2, 0.25) is 0 Å². The Labute approximate surface area is 161 Å². The molecule has 7 nitrogen and oxygen atoms in total. The molecule has 0 atom stereocenters. The third-order valence-electron chi connectivity index (χ3n) is 5.26. The van der Waals surface area contributed by atoms with Gasteiger partial charge in [-0.05, 0) is 31.5 Å². The molecule has 2 saturated heterocycles. The number of nitrogens with one attached hydrogen (secondary N) is 1. The van der Waals surface area contributed by atoms with Crippen molar-refractivity contribution in [2.75, 3.05) is 45.8 Å². The normalized spacial score (nSPS) is 20.5. The fourth-order valence-electron chi connectivity index (χ4n) is 3.51. The third kappa shape index (κ3) is 4.92. The average molecular weight is 381 g/mol. The molecule has 0 aliphatic carbocycles. The SMILES string of the molecule is CC(C)(C)c1nc(=S)n(CN2CCN(CC(=O)N3CCCCC3)CC2)[nH]1. The van der Waals surface area contributed by atoms with Crippen LogP contribution in [0.3, 0.4) is 0 Å². The maximum absolute atomic E-state index is 12.4. The van der Waals surface area contributed by atoms with Crippen molar-refractivity contribution in [3.8, 4) is 0 Å². The summed E-state index contributed by atoms with van der Waals surface area (Å²) < 4.78 is 2.56. The van der Waals surface area contributed by atoms with E-state index in [9.17, 15) is 4.79 Å². The summed E-state index contributed by atoms with van der Waals surface area (Å²) in [5.41, 5.74) is -0.0354. The Bertz CT molecular complexity index is 662. The summed E-state index contributed by atoms with van der Waals surface area (Å²) in [7, 11) is 0. The number of piperidine rings is 1. The van der Waals surface area contributed by atoms with Gasteiger partial charge in [0.15, 0.2) is 0 Å². The molecule has 1 aromatic heterocycles. The molecule has 2 aliphatic heterocycles. The van der Waals surface area contributed by atoms with Crippen molar-refractivity contribution in [2.45, 2.75) is 52.1 Å². The van der Waals surface area contributed by atoms with Gasteiger partial charge >= 0.3 is 0 Å². The highest BCUT2D eigenvalue weighted by atomic mass is 32.1. The van der Waals surface area contributed by atoms with Crippen LogP contribution in [0.15, 0.2) is 0 Å². The molecule has 3 rings (SSSR count). The highest BCUT2D eigenvalue weighted by Gasteiger charge is 2.24. The minimum absolute atomic E-state index is 0.0354. The number of nitrogens with zero attached hydrogens (tertiary/aromatic N) is 5. The molecule has 1 N–H and O–H groups in total. The number of hydrogen-bond donors (Lipinski definition) is 1. The lowest BCUT2D eigenvalue weighted by molar-refractivity contribution is -0.133. The van der Waals surface area contributed by atoms with Crippen LogP contribution in [0, 0.1) is 4.77 Å². The van der Waals surface area contributed by atoms with Crippen LogP contribution < -0.4 is 0 Å². The topological polar surface area (TPSA) is 60.4 Å². The molecule has 0 radical (unpaired) electrons. The zero-order chi connectivity index (χ0) is 18.7. The van der Waals surface area contributed by atoms with Crippen LogP contribution in [0.5, 0.6) is 0 Å². The molecule has 0 spiro atoms. The third-order valence-corrected chi connectivity index (χ3v) is 5.58. The molecule has 2 aliphatic rings. The second-order valence-corrected chi connectivity index (χ2v) is 8.88. The van der Waals surface area contributed by atoms with Crippen LogP contribution in [0.25, 0.3) is 0 Å². The van der Waals surface area contributed by atoms with Crippen LogP contribution in [0.1, 0.15) is 45.9 Å². The van der Waals surface area contributed by atoms with Gasteiger partial charge in [0.25, 0.3) is 0 Å². The molecule has 0 aromatic carbocycles. The molecular formula is C18H32N6OS. The Morgan fingerprint density at radius 3 is 2.23 bits per heavy atom. The zero-order valence-corrected chi connectivity index (χ0v) is 17.1. The van der Waals surface area contributed by atoms with Crippen molar-refractivity contribution in [1.29, 1.82) is 0 Å². The zero-order valence-electron chi connectivity index (χ0n) is 16.3. The Hall–Kier alpha value is -1.25. The number of aromatic amines is 1. The van der Waals surface area contributed by atoms with E-state index in [1.54, 1.807) is 0 Å². The highest BCUT2D eigenvalue weighted by Crippen LogP contribution is 2.18. The molecule has 0 unspecified atom stereocenters. The number of aromatic nitrogens is 3. The van der Waals surface area contributed by atoms with Crippen molar-refractivity contribution in [2.24, 2.45) is 0 Å². The van der Waals surface area contributed by atoms with E-state index in [1.165, 1.54) is 6.42 Å². The first-order valence-corrected chi connectivity index (χ1v) is 10.1. The summed E-state index contributed by atoms with van der Waals surface area (Å²) in [6.07, 6.45) is 3.57. The Morgan fingerprint density at radius 1 is 1.04 bits per heavy atom. The predicted molar refractivity (Wildman–Crippen MR) is 105 cm³/mol. The molecule has 1 amide bonds. The maximum atomic E-state index is 12.4. The second-order valence-electron chi connectivity index (χ2n) is 8.51. The lowest BCUT2D eigenvalue weighted by atomic mass is 9.96. The van der Waals surface area contributed by atoms with E-state index in [0.29, 0.717) is 17.2 Å². The quantitative estimate of drug-likeness (QED) is 0.808. The molecule has 26 heavy (non-hydrogen) atoms. The van der Waals surface area contributed by atoms with Crippen LogP contribution in [0.4, 0.5) is 0 Å². The van der Waals surface area contributed by atoms with Gasteiger partial charge in [0, 0.05) is 44.7 Å². The number of rotatable bonds is 4. The standard InChI is InChI=1S/C18H32N6OS/c1-18(2,3)16-19-17(26)24(20-16)14-22-11-9-21(10-12-22)13-15(25)23-7-5-4-6-8-23/h4-14H2,1-3H3,(H,19,20,26). The van der Waals surface area contributed by atoms with Crippen LogP contribution in [-0.2, 0) is 16.9 Å². The number of carbonyl (C=O) groups excluding carboxylic acids is 1. The van der Waals surface area contributed by atoms with Gasteiger partial charge in [0.1, 0.15) is 5.82 Å². The van der Waals surface area contributed by atoms with Crippen molar-refractivity contribution >= 4 is 18.1 Å². The summed E-state index contributed by atoms with van der Waals surface area (Å²) in [6, 6.07) is 0. The summed E-state index contributed by atoms with van der Waals surface area (Å²) in [4.78, 5) is 23.6. The van der Waals surface area contributed by atoms with Crippen molar-refractivity contribution in [3.05, 3.63) is 10.6 Å². The molecule has 2 fully saturated rings. The lowest BCUT2D eigenvalue weighted by Crippen LogP contribution is -2.50. The second kappa shape index (κ2) is 8.19. The number of piperazine rings is 1. The predicted octanol–water partition coefficient (Wildman–Crippen LogP) is 1.83. The number of carbonyl (C=O) groups is 1. The first-order valence-electron chi connectivity index (χ1n) is 9.73. The summed E-state index contributed by atoms with van der Waals surface area (Å²) in [5.74, 6) is 1.22.